The van der Waals surface area contributed by atoms with Gasteiger partial charge in [0.2, 0.25) is 0 Å². The van der Waals surface area contributed by atoms with E-state index in [4.69, 9.17) is 6.42 Å². The molecule has 2 nitrogen and oxygen atoms in total. The molecule has 0 radical (unpaired) electrons. The maximum atomic E-state index is 10.7. The zero-order chi connectivity index (χ0) is 16.8. The van der Waals surface area contributed by atoms with E-state index in [9.17, 15) is 5.11 Å². The molecular weight excluding hydrogens is 294 g/mol. The number of likely N-dealkylation sites (tertiary alicyclic amines) is 1. The third-order valence-corrected chi connectivity index (χ3v) is 5.03. The highest BCUT2D eigenvalue weighted by molar-refractivity contribution is 5.21. The fourth-order valence-electron chi connectivity index (χ4n) is 3.69. The van der Waals surface area contributed by atoms with Crippen molar-refractivity contribution in [2.75, 3.05) is 13.1 Å². The Kier molecular flexibility index (Phi) is 5.69. The Morgan fingerprint density at radius 1 is 1.08 bits per heavy atom. The minimum Gasteiger partial charge on any atom is -0.391 e. The van der Waals surface area contributed by atoms with Crippen LogP contribution in [0.5, 0.6) is 0 Å². The first kappa shape index (κ1) is 16.8. The van der Waals surface area contributed by atoms with Gasteiger partial charge in [0.25, 0.3) is 0 Å². The Morgan fingerprint density at radius 3 is 2.38 bits per heavy atom. The summed E-state index contributed by atoms with van der Waals surface area (Å²) in [7, 11) is 0. The quantitative estimate of drug-likeness (QED) is 0.850. The average Bonchev–Trinajstić information content (AvgIpc) is 2.63. The minimum atomic E-state index is -0.303. The topological polar surface area (TPSA) is 23.5 Å². The zero-order valence-electron chi connectivity index (χ0n) is 14.0. The number of aliphatic hydroxyl groups is 1. The number of benzene rings is 2. The van der Waals surface area contributed by atoms with E-state index in [1.165, 1.54) is 11.1 Å². The van der Waals surface area contributed by atoms with E-state index >= 15 is 0 Å². The maximum absolute atomic E-state index is 10.7. The summed E-state index contributed by atoms with van der Waals surface area (Å²) in [5.74, 6) is 3.13. The van der Waals surface area contributed by atoms with E-state index in [0.717, 1.165) is 19.4 Å². The zero-order valence-corrected chi connectivity index (χ0v) is 14.0. The lowest BCUT2D eigenvalue weighted by molar-refractivity contribution is 0.00390. The number of β-amino-alcohol motifs (C(OH)–C–C–N with tert-alkyl or cyclic N) is 1. The van der Waals surface area contributed by atoms with Gasteiger partial charge in [-0.2, -0.15) is 0 Å². The molecule has 0 bridgehead atoms. The number of hydrogen-bond acceptors (Lipinski definition) is 2. The van der Waals surface area contributed by atoms with E-state index in [2.05, 4.69) is 59.4 Å². The van der Waals surface area contributed by atoms with Gasteiger partial charge in [0, 0.05) is 19.0 Å². The van der Waals surface area contributed by atoms with Gasteiger partial charge in [0.1, 0.15) is 0 Å². The number of piperidine rings is 1. The molecule has 1 saturated heterocycles. The van der Waals surface area contributed by atoms with Gasteiger partial charge >= 0.3 is 0 Å². The second-order valence-corrected chi connectivity index (χ2v) is 6.64. The molecule has 0 spiro atoms. The van der Waals surface area contributed by atoms with Crippen LogP contribution in [-0.2, 0) is 6.42 Å². The molecule has 3 unspecified atom stereocenters. The van der Waals surface area contributed by atoms with E-state index < -0.39 is 0 Å². The number of terminal acetylenes is 1. The Balaban J connectivity index is 1.66. The molecule has 1 aliphatic heterocycles. The number of nitrogens with zero attached hydrogens (tertiary/aromatic N) is 1. The van der Waals surface area contributed by atoms with Gasteiger partial charge in [-0.25, -0.2) is 0 Å². The van der Waals surface area contributed by atoms with Crippen LogP contribution in [0.15, 0.2) is 60.7 Å². The van der Waals surface area contributed by atoms with Crippen molar-refractivity contribution in [2.45, 2.75) is 31.4 Å². The highest BCUT2D eigenvalue weighted by Gasteiger charge is 2.31. The van der Waals surface area contributed by atoms with Crippen molar-refractivity contribution in [3.63, 3.8) is 0 Å². The predicted molar refractivity (Wildman–Crippen MR) is 98.5 cm³/mol. The summed E-state index contributed by atoms with van der Waals surface area (Å²) < 4.78 is 0. The first-order chi connectivity index (χ1) is 11.8. The van der Waals surface area contributed by atoms with Crippen molar-refractivity contribution in [1.82, 2.24) is 4.90 Å². The second kappa shape index (κ2) is 8.15. The summed E-state index contributed by atoms with van der Waals surface area (Å²) in [5.41, 5.74) is 2.54. The predicted octanol–water partition coefficient (Wildman–Crippen LogP) is 3.68. The molecular formula is C22H25NO. The van der Waals surface area contributed by atoms with Crippen LogP contribution in [0.3, 0.4) is 0 Å². The summed E-state index contributed by atoms with van der Waals surface area (Å²) >= 11 is 0. The lowest BCUT2D eigenvalue weighted by Crippen LogP contribution is -2.46. The molecule has 1 heterocycles. The van der Waals surface area contributed by atoms with Gasteiger partial charge in [0.15, 0.2) is 0 Å². The molecule has 0 amide bonds. The molecule has 0 aromatic heterocycles. The number of aliphatic hydroxyl groups excluding tert-OH is 1. The third kappa shape index (κ3) is 4.06. The molecule has 0 aliphatic carbocycles. The molecule has 0 saturated carbocycles. The lowest BCUT2D eigenvalue weighted by atomic mass is 9.86. The molecule has 3 rings (SSSR count). The fourth-order valence-corrected chi connectivity index (χ4v) is 3.69. The van der Waals surface area contributed by atoms with Gasteiger partial charge in [-0.15, -0.1) is 12.3 Å². The van der Waals surface area contributed by atoms with Crippen molar-refractivity contribution in [1.29, 1.82) is 0 Å². The van der Waals surface area contributed by atoms with Crippen molar-refractivity contribution in [3.8, 4) is 12.3 Å². The molecule has 1 fully saturated rings. The van der Waals surface area contributed by atoms with E-state index in [0.29, 0.717) is 18.9 Å². The van der Waals surface area contributed by atoms with Crippen LogP contribution < -0.4 is 0 Å². The Labute approximate surface area is 145 Å². The smallest absolute Gasteiger partial charge is 0.0699 e. The lowest BCUT2D eigenvalue weighted by Gasteiger charge is -2.40. The highest BCUT2D eigenvalue weighted by atomic mass is 16.3. The van der Waals surface area contributed by atoms with Crippen LogP contribution in [0, 0.1) is 18.3 Å². The molecule has 2 heteroatoms. The van der Waals surface area contributed by atoms with Crippen LogP contribution >= 0.6 is 0 Å². The van der Waals surface area contributed by atoms with Crippen LogP contribution in [0.4, 0.5) is 0 Å². The first-order valence-electron chi connectivity index (χ1n) is 8.72. The van der Waals surface area contributed by atoms with Crippen LogP contribution in [0.25, 0.3) is 0 Å². The van der Waals surface area contributed by atoms with Gasteiger partial charge in [-0.05, 0) is 36.4 Å². The molecule has 2 aromatic rings. The largest absolute Gasteiger partial charge is 0.391 e. The summed E-state index contributed by atoms with van der Waals surface area (Å²) in [6.45, 7) is 1.68. The van der Waals surface area contributed by atoms with Gasteiger partial charge in [0.05, 0.1) is 6.10 Å². The highest BCUT2D eigenvalue weighted by Crippen LogP contribution is 2.30. The fraction of sp³-hybridized carbons (Fsp3) is 0.364. The van der Waals surface area contributed by atoms with Crippen molar-refractivity contribution in [2.24, 2.45) is 5.92 Å². The SMILES string of the molecule is C#CCC(c1ccccc1)N1CCC(Cc2ccccc2)C(O)C1. The molecule has 3 atom stereocenters. The summed E-state index contributed by atoms with van der Waals surface area (Å²) in [6, 6.07) is 21.0. The van der Waals surface area contributed by atoms with E-state index in [1.807, 2.05) is 12.1 Å². The Bertz CT molecular complexity index is 661. The molecule has 2 aromatic carbocycles. The molecule has 24 heavy (non-hydrogen) atoms. The van der Waals surface area contributed by atoms with Crippen LogP contribution in [-0.4, -0.2) is 29.2 Å². The van der Waals surface area contributed by atoms with Gasteiger partial charge in [-0.1, -0.05) is 60.7 Å². The minimum absolute atomic E-state index is 0.198. The average molecular weight is 319 g/mol. The summed E-state index contributed by atoms with van der Waals surface area (Å²) in [4.78, 5) is 2.35. The monoisotopic (exact) mass is 319 g/mol. The van der Waals surface area contributed by atoms with Gasteiger partial charge < -0.3 is 5.11 Å². The second-order valence-electron chi connectivity index (χ2n) is 6.64. The normalized spacial score (nSPS) is 22.7. The first-order valence-corrected chi connectivity index (χ1v) is 8.72. The van der Waals surface area contributed by atoms with Crippen molar-refractivity contribution in [3.05, 3.63) is 71.8 Å². The summed E-state index contributed by atoms with van der Waals surface area (Å²) in [6.07, 6.45) is 7.93. The molecule has 1 N–H and O–H groups in total. The third-order valence-electron chi connectivity index (χ3n) is 5.03. The van der Waals surface area contributed by atoms with E-state index in [-0.39, 0.29) is 12.1 Å². The summed E-state index contributed by atoms with van der Waals surface area (Å²) in [5, 5.41) is 10.7. The van der Waals surface area contributed by atoms with Crippen LogP contribution in [0.2, 0.25) is 0 Å². The number of rotatable bonds is 5. The standard InChI is InChI=1S/C22H25NO/c1-2-9-21(19-12-7-4-8-13-19)23-15-14-20(22(24)17-23)16-18-10-5-3-6-11-18/h1,3-8,10-13,20-22,24H,9,14-17H2. The molecule has 124 valence electrons. The van der Waals surface area contributed by atoms with E-state index in [1.54, 1.807) is 0 Å². The van der Waals surface area contributed by atoms with Crippen LogP contribution in [0.1, 0.15) is 30.0 Å². The number of hydrogen-bond donors (Lipinski definition) is 1. The Hall–Kier alpha value is -2.08. The maximum Gasteiger partial charge on any atom is 0.0699 e. The van der Waals surface area contributed by atoms with Gasteiger partial charge in [-0.3, -0.25) is 4.90 Å². The molecule has 1 aliphatic rings. The van der Waals surface area contributed by atoms with Crippen molar-refractivity contribution >= 4 is 0 Å². The Morgan fingerprint density at radius 2 is 1.75 bits per heavy atom. The van der Waals surface area contributed by atoms with Crippen molar-refractivity contribution < 1.29 is 5.11 Å².